The van der Waals surface area contributed by atoms with E-state index in [1.165, 1.54) is 23.5 Å². The van der Waals surface area contributed by atoms with Gasteiger partial charge in [0.1, 0.15) is 15.7 Å². The Kier molecular flexibility index (Phi) is 4.36. The Hall–Kier alpha value is -1.51. The summed E-state index contributed by atoms with van der Waals surface area (Å²) < 4.78 is 40.5. The van der Waals surface area contributed by atoms with Gasteiger partial charge in [0.2, 0.25) is 10.0 Å². The van der Waals surface area contributed by atoms with E-state index in [0.29, 0.717) is 11.4 Å². The van der Waals surface area contributed by atoms with Gasteiger partial charge in [0.05, 0.1) is 11.7 Å². The lowest BCUT2D eigenvalue weighted by Crippen LogP contribution is -2.29. The Balaban J connectivity index is 2.33. The van der Waals surface area contributed by atoms with Gasteiger partial charge >= 0.3 is 0 Å². The van der Waals surface area contributed by atoms with E-state index in [4.69, 9.17) is 5.73 Å². The van der Waals surface area contributed by atoms with Crippen molar-refractivity contribution in [2.45, 2.75) is 24.3 Å². The van der Waals surface area contributed by atoms with Crippen molar-refractivity contribution < 1.29 is 12.8 Å². The molecule has 0 aliphatic heterocycles. The van der Waals surface area contributed by atoms with Crippen molar-refractivity contribution in [3.8, 4) is 0 Å². The van der Waals surface area contributed by atoms with E-state index in [-0.39, 0.29) is 10.6 Å². The Morgan fingerprint density at radius 1 is 1.50 bits per heavy atom. The SMILES string of the molecule is CCC(NS(=O)(=O)c1cccc(F)c1N)c1nccs1. The fraction of sp³-hybridized carbons (Fsp3) is 0.250. The van der Waals surface area contributed by atoms with Crippen LogP contribution in [0.2, 0.25) is 0 Å². The molecule has 3 N–H and O–H groups in total. The third-order valence-electron chi connectivity index (χ3n) is 2.76. The molecule has 20 heavy (non-hydrogen) atoms. The molecular weight excluding hydrogens is 301 g/mol. The summed E-state index contributed by atoms with van der Waals surface area (Å²) in [6.45, 7) is 1.84. The van der Waals surface area contributed by atoms with E-state index in [0.717, 1.165) is 6.07 Å². The first-order chi connectivity index (χ1) is 9.45. The standard InChI is InChI=1S/C12H14FN3O2S2/c1-2-9(12-15-6-7-19-12)16-20(17,18)10-5-3-4-8(13)11(10)14/h3-7,9,16H,2,14H2,1H3. The summed E-state index contributed by atoms with van der Waals surface area (Å²) in [5, 5.41) is 2.43. The predicted octanol–water partition coefficient (Wildman–Crippen LogP) is 2.29. The summed E-state index contributed by atoms with van der Waals surface area (Å²) in [6.07, 6.45) is 2.13. The van der Waals surface area contributed by atoms with Gasteiger partial charge in [-0.2, -0.15) is 0 Å². The average molecular weight is 315 g/mol. The zero-order valence-electron chi connectivity index (χ0n) is 10.7. The number of anilines is 1. The third kappa shape index (κ3) is 2.97. The molecule has 0 aliphatic carbocycles. The number of rotatable bonds is 5. The number of nitrogens with one attached hydrogen (secondary N) is 1. The molecule has 0 amide bonds. The number of sulfonamides is 1. The van der Waals surface area contributed by atoms with Gasteiger partial charge in [-0.05, 0) is 18.6 Å². The second-order valence-electron chi connectivity index (χ2n) is 4.10. The molecule has 0 fully saturated rings. The van der Waals surface area contributed by atoms with Crippen LogP contribution >= 0.6 is 11.3 Å². The van der Waals surface area contributed by atoms with Crippen molar-refractivity contribution in [2.24, 2.45) is 0 Å². The van der Waals surface area contributed by atoms with Gasteiger partial charge in [0, 0.05) is 11.6 Å². The third-order valence-corrected chi connectivity index (χ3v) is 5.18. The van der Waals surface area contributed by atoms with Gasteiger partial charge in [0.25, 0.3) is 0 Å². The largest absolute Gasteiger partial charge is 0.395 e. The van der Waals surface area contributed by atoms with E-state index in [1.54, 1.807) is 11.6 Å². The molecule has 0 saturated heterocycles. The zero-order valence-corrected chi connectivity index (χ0v) is 12.3. The lowest BCUT2D eigenvalue weighted by atomic mass is 10.3. The van der Waals surface area contributed by atoms with Crippen molar-refractivity contribution in [1.82, 2.24) is 9.71 Å². The molecule has 0 aliphatic rings. The van der Waals surface area contributed by atoms with Gasteiger partial charge in [-0.25, -0.2) is 22.5 Å². The van der Waals surface area contributed by atoms with Crippen molar-refractivity contribution in [3.05, 3.63) is 40.6 Å². The van der Waals surface area contributed by atoms with Crippen molar-refractivity contribution in [3.63, 3.8) is 0 Å². The van der Waals surface area contributed by atoms with Gasteiger partial charge < -0.3 is 5.73 Å². The summed E-state index contributed by atoms with van der Waals surface area (Å²) >= 11 is 1.36. The molecule has 1 heterocycles. The van der Waals surface area contributed by atoms with Crippen LogP contribution in [0.4, 0.5) is 10.1 Å². The number of nitrogens with two attached hydrogens (primary N) is 1. The zero-order chi connectivity index (χ0) is 14.8. The lowest BCUT2D eigenvalue weighted by molar-refractivity contribution is 0.548. The van der Waals surface area contributed by atoms with Crippen LogP contribution in [-0.2, 0) is 10.0 Å². The maximum absolute atomic E-state index is 13.4. The maximum Gasteiger partial charge on any atom is 0.243 e. The minimum absolute atomic E-state index is 0.257. The van der Waals surface area contributed by atoms with E-state index in [2.05, 4.69) is 9.71 Å². The van der Waals surface area contributed by atoms with E-state index >= 15 is 0 Å². The topological polar surface area (TPSA) is 85.1 Å². The molecule has 2 aromatic rings. The first kappa shape index (κ1) is 14.9. The molecule has 0 bridgehead atoms. The fourth-order valence-corrected chi connectivity index (χ4v) is 3.99. The molecule has 5 nitrogen and oxygen atoms in total. The van der Waals surface area contributed by atoms with E-state index in [9.17, 15) is 12.8 Å². The molecule has 1 atom stereocenters. The number of para-hydroxylation sites is 1. The smallest absolute Gasteiger partial charge is 0.243 e. The molecule has 1 unspecified atom stereocenters. The summed E-state index contributed by atoms with van der Waals surface area (Å²) in [4.78, 5) is 3.83. The van der Waals surface area contributed by atoms with Crippen LogP contribution in [0.1, 0.15) is 24.4 Å². The van der Waals surface area contributed by atoms with Crippen LogP contribution in [0, 0.1) is 5.82 Å². The van der Waals surface area contributed by atoms with E-state index < -0.39 is 21.9 Å². The highest BCUT2D eigenvalue weighted by Crippen LogP contribution is 2.25. The molecule has 1 aromatic carbocycles. The number of hydrogen-bond acceptors (Lipinski definition) is 5. The molecule has 0 radical (unpaired) electrons. The minimum Gasteiger partial charge on any atom is -0.395 e. The lowest BCUT2D eigenvalue weighted by Gasteiger charge is -2.15. The fourth-order valence-electron chi connectivity index (χ4n) is 1.72. The predicted molar refractivity (Wildman–Crippen MR) is 76.3 cm³/mol. The number of thiazole rings is 1. The highest BCUT2D eigenvalue weighted by Gasteiger charge is 2.24. The van der Waals surface area contributed by atoms with Crippen molar-refractivity contribution in [1.29, 1.82) is 0 Å². The van der Waals surface area contributed by atoms with Gasteiger partial charge in [-0.3, -0.25) is 0 Å². The molecule has 8 heteroatoms. The number of nitrogen functional groups attached to an aromatic ring is 1. The van der Waals surface area contributed by atoms with Gasteiger partial charge in [0.15, 0.2) is 0 Å². The van der Waals surface area contributed by atoms with E-state index in [1.807, 2.05) is 6.92 Å². The molecule has 0 spiro atoms. The average Bonchev–Trinajstić information content (AvgIpc) is 2.93. The summed E-state index contributed by atoms with van der Waals surface area (Å²) in [6, 6.07) is 3.24. The summed E-state index contributed by atoms with van der Waals surface area (Å²) in [5.74, 6) is -0.754. The molecular formula is C12H14FN3O2S2. The van der Waals surface area contributed by atoms with Crippen LogP contribution in [-0.4, -0.2) is 13.4 Å². The Labute approximate surface area is 120 Å². The normalized spacial score (nSPS) is 13.3. The summed E-state index contributed by atoms with van der Waals surface area (Å²) in [7, 11) is -3.90. The highest BCUT2D eigenvalue weighted by atomic mass is 32.2. The number of aromatic nitrogens is 1. The second-order valence-corrected chi connectivity index (χ2v) is 6.71. The van der Waals surface area contributed by atoms with Crippen molar-refractivity contribution in [2.75, 3.05) is 5.73 Å². The number of benzene rings is 1. The Morgan fingerprint density at radius 2 is 2.25 bits per heavy atom. The van der Waals surface area contributed by atoms with Crippen LogP contribution < -0.4 is 10.5 Å². The molecule has 1 aromatic heterocycles. The summed E-state index contributed by atoms with van der Waals surface area (Å²) in [5.41, 5.74) is 5.12. The van der Waals surface area contributed by atoms with Crippen LogP contribution in [0.5, 0.6) is 0 Å². The van der Waals surface area contributed by atoms with Crippen LogP contribution in [0.25, 0.3) is 0 Å². The monoisotopic (exact) mass is 315 g/mol. The molecule has 108 valence electrons. The Morgan fingerprint density at radius 3 is 2.85 bits per heavy atom. The van der Waals surface area contributed by atoms with Gasteiger partial charge in [-0.15, -0.1) is 11.3 Å². The Bertz CT molecular complexity index is 687. The minimum atomic E-state index is -3.90. The first-order valence-electron chi connectivity index (χ1n) is 5.91. The maximum atomic E-state index is 13.4. The molecule has 2 rings (SSSR count). The highest BCUT2D eigenvalue weighted by molar-refractivity contribution is 7.89. The van der Waals surface area contributed by atoms with Crippen LogP contribution in [0.3, 0.4) is 0 Å². The van der Waals surface area contributed by atoms with Gasteiger partial charge in [-0.1, -0.05) is 13.0 Å². The number of hydrogen-bond donors (Lipinski definition) is 2. The van der Waals surface area contributed by atoms with Crippen LogP contribution in [0.15, 0.2) is 34.7 Å². The number of nitrogens with zero attached hydrogens (tertiary/aromatic N) is 1. The second kappa shape index (κ2) is 5.86. The molecule has 0 saturated carbocycles. The quantitative estimate of drug-likeness (QED) is 0.829. The van der Waals surface area contributed by atoms with Crippen molar-refractivity contribution >= 4 is 27.0 Å². The number of halogens is 1. The first-order valence-corrected chi connectivity index (χ1v) is 8.27.